The Hall–Kier alpha value is -4.14. The monoisotopic (exact) mass is 498 g/mol. The van der Waals surface area contributed by atoms with Gasteiger partial charge in [0.15, 0.2) is 0 Å². The Balaban J connectivity index is 1.45. The second-order valence-electron chi connectivity index (χ2n) is 10.2. The van der Waals surface area contributed by atoms with E-state index in [2.05, 4.69) is 39.3 Å². The highest BCUT2D eigenvalue weighted by Crippen LogP contribution is 2.69. The number of benzene rings is 1. The second-order valence-corrected chi connectivity index (χ2v) is 10.2. The number of carbonyl (C=O) groups is 1. The van der Waals surface area contributed by atoms with E-state index in [0.29, 0.717) is 5.69 Å². The minimum Gasteiger partial charge on any atom is -0.295 e. The molecule has 1 aromatic carbocycles. The molecule has 1 fully saturated rings. The summed E-state index contributed by atoms with van der Waals surface area (Å²) in [6.07, 6.45) is 5.00. The molecule has 6 rings (SSSR count). The predicted octanol–water partition coefficient (Wildman–Crippen LogP) is 5.44. The molecule has 3 heterocycles. The Morgan fingerprint density at radius 3 is 2.41 bits per heavy atom. The van der Waals surface area contributed by atoms with Crippen molar-refractivity contribution in [3.8, 4) is 22.5 Å². The number of fused-ring (bicyclic) bond motifs is 5. The first-order chi connectivity index (χ1) is 17.7. The third-order valence-electron chi connectivity index (χ3n) is 8.02. The molecule has 4 aromatic rings. The van der Waals surface area contributed by atoms with Gasteiger partial charge in [-0.2, -0.15) is 5.10 Å². The fraction of sp³-hybridized carbons (Fsp3) is 0.286. The van der Waals surface area contributed by atoms with E-state index in [1.54, 1.807) is 18.5 Å². The standard InChI is InChI=1S/C28H24F2N6O/c1-15(37)33-26-31-13-16(14-32-26)21-8-5-9-23(34-21)28-11-10-18(27(28,2)3)17-12-22(35-36-25(17)28)24-19(29)6-4-7-20(24)30/h4-9,12-14,18H,10-11H2,1-3H3,(H,31,32,33,37)/t18-,28-/m0/s1. The number of carbonyl (C=O) groups excluding carboxylic acids is 1. The molecule has 37 heavy (non-hydrogen) atoms. The van der Waals surface area contributed by atoms with Crippen molar-refractivity contribution in [3.05, 3.63) is 83.4 Å². The van der Waals surface area contributed by atoms with Gasteiger partial charge in [-0.25, -0.2) is 18.7 Å². The van der Waals surface area contributed by atoms with Crippen molar-refractivity contribution in [2.24, 2.45) is 5.41 Å². The van der Waals surface area contributed by atoms with Gasteiger partial charge in [0, 0.05) is 24.9 Å². The first-order valence-corrected chi connectivity index (χ1v) is 12.1. The van der Waals surface area contributed by atoms with Crippen LogP contribution in [0.4, 0.5) is 14.7 Å². The van der Waals surface area contributed by atoms with Crippen LogP contribution >= 0.6 is 0 Å². The maximum Gasteiger partial charge on any atom is 0.229 e. The summed E-state index contributed by atoms with van der Waals surface area (Å²) in [7, 11) is 0. The Morgan fingerprint density at radius 2 is 1.70 bits per heavy atom. The quantitative estimate of drug-likeness (QED) is 0.403. The molecule has 1 N–H and O–H groups in total. The molecule has 0 radical (unpaired) electrons. The van der Waals surface area contributed by atoms with E-state index >= 15 is 0 Å². The Kier molecular flexibility index (Phi) is 5.15. The lowest BCUT2D eigenvalue weighted by Gasteiger charge is -2.37. The topological polar surface area (TPSA) is 93.6 Å². The molecule has 7 nitrogen and oxygen atoms in total. The van der Waals surface area contributed by atoms with Crippen LogP contribution in [0.5, 0.6) is 0 Å². The van der Waals surface area contributed by atoms with Gasteiger partial charge in [0.2, 0.25) is 11.9 Å². The molecular formula is C28H24F2N6O. The number of halogens is 2. The number of hydrogen-bond donors (Lipinski definition) is 1. The second kappa shape index (κ2) is 8.19. The number of nitrogens with zero attached hydrogens (tertiary/aromatic N) is 5. The molecule has 0 saturated heterocycles. The van der Waals surface area contributed by atoms with Crippen molar-refractivity contribution < 1.29 is 13.6 Å². The van der Waals surface area contributed by atoms with Gasteiger partial charge in [0.05, 0.1) is 33.8 Å². The molecule has 1 amide bonds. The molecule has 0 spiro atoms. The van der Waals surface area contributed by atoms with Crippen LogP contribution in [-0.4, -0.2) is 31.1 Å². The lowest BCUT2D eigenvalue weighted by atomic mass is 9.66. The van der Waals surface area contributed by atoms with Gasteiger partial charge in [-0.05, 0) is 60.1 Å². The number of rotatable bonds is 4. The largest absolute Gasteiger partial charge is 0.295 e. The summed E-state index contributed by atoms with van der Waals surface area (Å²) in [6, 6.07) is 11.4. The molecule has 2 aliphatic rings. The highest BCUT2D eigenvalue weighted by molar-refractivity contribution is 5.86. The van der Waals surface area contributed by atoms with Crippen LogP contribution in [0.3, 0.4) is 0 Å². The highest BCUT2D eigenvalue weighted by atomic mass is 19.1. The van der Waals surface area contributed by atoms with E-state index in [9.17, 15) is 13.6 Å². The zero-order valence-corrected chi connectivity index (χ0v) is 20.6. The van der Waals surface area contributed by atoms with Crippen LogP contribution in [0.15, 0.2) is 54.9 Å². The van der Waals surface area contributed by atoms with Gasteiger partial charge in [0.1, 0.15) is 11.6 Å². The zero-order valence-electron chi connectivity index (χ0n) is 20.6. The van der Waals surface area contributed by atoms with Crippen LogP contribution < -0.4 is 5.32 Å². The van der Waals surface area contributed by atoms with Gasteiger partial charge in [-0.3, -0.25) is 15.1 Å². The highest BCUT2D eigenvalue weighted by Gasteiger charge is 2.65. The van der Waals surface area contributed by atoms with Gasteiger partial charge in [-0.15, -0.1) is 5.10 Å². The Morgan fingerprint density at radius 1 is 1.00 bits per heavy atom. The first kappa shape index (κ1) is 23.3. The molecule has 0 aliphatic heterocycles. The molecule has 186 valence electrons. The lowest BCUT2D eigenvalue weighted by molar-refractivity contribution is -0.114. The normalized spacial score (nSPS) is 21.1. The Labute approximate surface area is 212 Å². The fourth-order valence-electron chi connectivity index (χ4n) is 6.27. The van der Waals surface area contributed by atoms with Gasteiger partial charge < -0.3 is 0 Å². The smallest absolute Gasteiger partial charge is 0.229 e. The number of anilines is 1. The summed E-state index contributed by atoms with van der Waals surface area (Å²) in [4.78, 5) is 24.7. The predicted molar refractivity (Wildman–Crippen MR) is 133 cm³/mol. The van der Waals surface area contributed by atoms with Gasteiger partial charge in [-0.1, -0.05) is 26.0 Å². The molecule has 2 atom stereocenters. The molecule has 0 unspecified atom stereocenters. The van der Waals surface area contributed by atoms with Crippen molar-refractivity contribution >= 4 is 11.9 Å². The van der Waals surface area contributed by atoms with E-state index in [4.69, 9.17) is 4.98 Å². The number of amides is 1. The first-order valence-electron chi connectivity index (χ1n) is 12.1. The molecule has 3 aromatic heterocycles. The maximum atomic E-state index is 14.5. The summed E-state index contributed by atoms with van der Waals surface area (Å²) in [5, 5.41) is 11.5. The summed E-state index contributed by atoms with van der Waals surface area (Å²) < 4.78 is 29.0. The maximum absolute atomic E-state index is 14.5. The van der Waals surface area contributed by atoms with Crippen LogP contribution in [0, 0.1) is 17.0 Å². The molecular weight excluding hydrogens is 474 g/mol. The van der Waals surface area contributed by atoms with Crippen molar-refractivity contribution in [1.82, 2.24) is 25.1 Å². The van der Waals surface area contributed by atoms with Crippen LogP contribution in [0.1, 0.15) is 56.5 Å². The Bertz CT molecular complexity index is 1530. The summed E-state index contributed by atoms with van der Waals surface area (Å²) in [5.41, 5.74) is 3.37. The average molecular weight is 499 g/mol. The minimum absolute atomic E-state index is 0.150. The number of aromatic nitrogens is 5. The van der Waals surface area contributed by atoms with E-state index in [1.807, 2.05) is 18.2 Å². The van der Waals surface area contributed by atoms with Crippen molar-refractivity contribution in [1.29, 1.82) is 0 Å². The van der Waals surface area contributed by atoms with E-state index in [1.165, 1.54) is 25.1 Å². The van der Waals surface area contributed by atoms with E-state index in [-0.39, 0.29) is 34.4 Å². The molecule has 9 heteroatoms. The average Bonchev–Trinajstić information content (AvgIpc) is 3.25. The number of hydrogen-bond acceptors (Lipinski definition) is 6. The number of pyridine rings is 1. The van der Waals surface area contributed by atoms with E-state index < -0.39 is 17.0 Å². The molecule has 1 saturated carbocycles. The third-order valence-corrected chi connectivity index (χ3v) is 8.02. The van der Waals surface area contributed by atoms with Crippen LogP contribution in [-0.2, 0) is 10.2 Å². The van der Waals surface area contributed by atoms with Crippen molar-refractivity contribution in [3.63, 3.8) is 0 Å². The molecule has 2 aliphatic carbocycles. The summed E-state index contributed by atoms with van der Waals surface area (Å²) in [6.45, 7) is 5.81. The van der Waals surface area contributed by atoms with Gasteiger partial charge in [0.25, 0.3) is 0 Å². The third kappa shape index (κ3) is 3.37. The number of nitrogens with one attached hydrogen (secondary N) is 1. The minimum atomic E-state index is -0.660. The van der Waals surface area contributed by atoms with Crippen LogP contribution in [0.2, 0.25) is 0 Å². The zero-order chi connectivity index (χ0) is 25.9. The molecule has 2 bridgehead atoms. The van der Waals surface area contributed by atoms with Gasteiger partial charge >= 0.3 is 0 Å². The SMILES string of the molecule is CC(=O)Nc1ncc(-c2cccc([C@@]34CC[C@@H](c5cc(-c6c(F)cccc6F)nnc53)C4(C)C)n2)cn1. The van der Waals surface area contributed by atoms with Crippen LogP contribution in [0.25, 0.3) is 22.5 Å². The van der Waals surface area contributed by atoms with E-state index in [0.717, 1.165) is 35.4 Å². The van der Waals surface area contributed by atoms with Crippen molar-refractivity contribution in [2.45, 2.75) is 44.9 Å². The van der Waals surface area contributed by atoms with Crippen molar-refractivity contribution in [2.75, 3.05) is 5.32 Å². The summed E-state index contributed by atoms with van der Waals surface area (Å²) >= 11 is 0. The summed E-state index contributed by atoms with van der Waals surface area (Å²) in [5.74, 6) is -1.18. The lowest BCUT2D eigenvalue weighted by Crippen LogP contribution is -2.37. The fourth-order valence-corrected chi connectivity index (χ4v) is 6.27.